The van der Waals surface area contributed by atoms with Gasteiger partial charge in [-0.05, 0) is 37.4 Å². The Morgan fingerprint density at radius 1 is 1.32 bits per heavy atom. The van der Waals surface area contributed by atoms with Crippen molar-refractivity contribution in [2.24, 2.45) is 0 Å². The molecule has 5 nitrogen and oxygen atoms in total. The number of methoxy groups -OCH3 is 1. The number of hydrogen-bond acceptors (Lipinski definition) is 5. The summed E-state index contributed by atoms with van der Waals surface area (Å²) in [6.07, 6.45) is 1.55. The normalized spacial score (nSPS) is 22.7. The summed E-state index contributed by atoms with van der Waals surface area (Å²) in [6, 6.07) is 4.27. The van der Waals surface area contributed by atoms with Crippen molar-refractivity contribution >= 4 is 17.2 Å². The van der Waals surface area contributed by atoms with E-state index < -0.39 is 5.60 Å². The molecule has 1 N–H and O–H groups in total. The molecule has 2 aliphatic rings. The van der Waals surface area contributed by atoms with Gasteiger partial charge in [-0.3, -0.25) is 9.69 Å². The van der Waals surface area contributed by atoms with Gasteiger partial charge in [-0.2, -0.15) is 0 Å². The van der Waals surface area contributed by atoms with Crippen molar-refractivity contribution in [2.75, 3.05) is 46.4 Å². The lowest BCUT2D eigenvalue weighted by Crippen LogP contribution is -2.59. The molecule has 0 aliphatic carbocycles. The standard InChI is InChI=1S/C16H25N3O2S/c1-21-16(4-6-17-7-5-16)15(20)19-10-8-18(9-11-19)13-14-3-2-12-22-14/h2-3,12,17H,4-11,13H2,1H3. The number of amides is 1. The number of carbonyl (C=O) groups excluding carboxylic acids is 1. The smallest absolute Gasteiger partial charge is 0.254 e. The molecule has 0 saturated carbocycles. The fraction of sp³-hybridized carbons (Fsp3) is 0.688. The molecule has 0 atom stereocenters. The number of nitrogens with zero attached hydrogens (tertiary/aromatic N) is 2. The van der Waals surface area contributed by atoms with Crippen LogP contribution < -0.4 is 5.32 Å². The number of hydrogen-bond donors (Lipinski definition) is 1. The Kier molecular flexibility index (Phi) is 5.13. The van der Waals surface area contributed by atoms with Crippen molar-refractivity contribution in [1.82, 2.24) is 15.1 Å². The topological polar surface area (TPSA) is 44.8 Å². The van der Waals surface area contributed by atoms with E-state index in [9.17, 15) is 4.79 Å². The van der Waals surface area contributed by atoms with Crippen molar-refractivity contribution in [3.05, 3.63) is 22.4 Å². The summed E-state index contributed by atoms with van der Waals surface area (Å²) < 4.78 is 5.66. The Labute approximate surface area is 136 Å². The molecule has 0 unspecified atom stereocenters. The van der Waals surface area contributed by atoms with E-state index >= 15 is 0 Å². The van der Waals surface area contributed by atoms with E-state index in [-0.39, 0.29) is 5.91 Å². The van der Waals surface area contributed by atoms with Crippen molar-refractivity contribution in [3.63, 3.8) is 0 Å². The highest BCUT2D eigenvalue weighted by atomic mass is 32.1. The Hall–Kier alpha value is -0.950. The summed E-state index contributed by atoms with van der Waals surface area (Å²) in [5.41, 5.74) is -0.596. The number of thiophene rings is 1. The van der Waals surface area contributed by atoms with Gasteiger partial charge < -0.3 is 15.0 Å². The zero-order valence-corrected chi connectivity index (χ0v) is 14.0. The van der Waals surface area contributed by atoms with E-state index in [0.717, 1.165) is 58.7 Å². The van der Waals surface area contributed by atoms with Gasteiger partial charge in [-0.15, -0.1) is 11.3 Å². The number of rotatable bonds is 4. The van der Waals surface area contributed by atoms with Crippen LogP contribution >= 0.6 is 11.3 Å². The first-order valence-corrected chi connectivity index (χ1v) is 8.91. The maximum Gasteiger partial charge on any atom is 0.254 e. The summed E-state index contributed by atoms with van der Waals surface area (Å²) in [4.78, 5) is 18.7. The molecule has 22 heavy (non-hydrogen) atoms. The van der Waals surface area contributed by atoms with Crippen LogP contribution in [0.15, 0.2) is 17.5 Å². The Bertz CT molecular complexity index is 478. The van der Waals surface area contributed by atoms with Gasteiger partial charge >= 0.3 is 0 Å². The third-order valence-corrected chi connectivity index (χ3v) is 5.67. The highest BCUT2D eigenvalue weighted by molar-refractivity contribution is 7.09. The second kappa shape index (κ2) is 7.08. The minimum atomic E-state index is -0.596. The molecule has 3 heterocycles. The first-order valence-electron chi connectivity index (χ1n) is 8.03. The van der Waals surface area contributed by atoms with E-state index in [4.69, 9.17) is 4.74 Å². The Balaban J connectivity index is 1.55. The first kappa shape index (κ1) is 15.9. The van der Waals surface area contributed by atoms with Crippen molar-refractivity contribution < 1.29 is 9.53 Å². The molecule has 0 aromatic carbocycles. The van der Waals surface area contributed by atoms with Gasteiger partial charge in [0.15, 0.2) is 0 Å². The number of nitrogens with one attached hydrogen (secondary N) is 1. The van der Waals surface area contributed by atoms with Crippen LogP contribution in [0, 0.1) is 0 Å². The molecule has 0 radical (unpaired) electrons. The van der Waals surface area contributed by atoms with Gasteiger partial charge in [0.05, 0.1) is 0 Å². The molecule has 122 valence electrons. The van der Waals surface area contributed by atoms with E-state index in [1.807, 2.05) is 4.90 Å². The lowest BCUT2D eigenvalue weighted by atomic mass is 9.90. The molecule has 1 aromatic rings. The fourth-order valence-corrected chi connectivity index (χ4v) is 4.10. The van der Waals surface area contributed by atoms with Crippen LogP contribution in [0.5, 0.6) is 0 Å². The second-order valence-corrected chi connectivity index (χ2v) is 7.13. The molecule has 0 spiro atoms. The van der Waals surface area contributed by atoms with Crippen molar-refractivity contribution in [2.45, 2.75) is 25.0 Å². The minimum Gasteiger partial charge on any atom is -0.368 e. The highest BCUT2D eigenvalue weighted by Crippen LogP contribution is 2.26. The van der Waals surface area contributed by atoms with Gasteiger partial charge in [0, 0.05) is 44.7 Å². The number of piperazine rings is 1. The van der Waals surface area contributed by atoms with Crippen LogP contribution in [-0.4, -0.2) is 67.7 Å². The van der Waals surface area contributed by atoms with Crippen LogP contribution in [0.4, 0.5) is 0 Å². The van der Waals surface area contributed by atoms with Crippen LogP contribution in [0.2, 0.25) is 0 Å². The second-order valence-electron chi connectivity index (χ2n) is 6.10. The molecule has 0 bridgehead atoms. The summed E-state index contributed by atoms with van der Waals surface area (Å²) in [7, 11) is 1.68. The van der Waals surface area contributed by atoms with Crippen LogP contribution in [-0.2, 0) is 16.1 Å². The molecule has 2 saturated heterocycles. The van der Waals surface area contributed by atoms with Crippen molar-refractivity contribution in [1.29, 1.82) is 0 Å². The maximum absolute atomic E-state index is 12.9. The number of piperidine rings is 1. The zero-order chi connectivity index (χ0) is 15.4. The molecule has 1 amide bonds. The average molecular weight is 323 g/mol. The molecular weight excluding hydrogens is 298 g/mol. The minimum absolute atomic E-state index is 0.187. The van der Waals surface area contributed by atoms with Gasteiger partial charge in [0.25, 0.3) is 5.91 Å². The van der Waals surface area contributed by atoms with E-state index in [0.29, 0.717) is 0 Å². The quantitative estimate of drug-likeness (QED) is 0.903. The summed E-state index contributed by atoms with van der Waals surface area (Å²) in [6.45, 7) is 6.23. The summed E-state index contributed by atoms with van der Waals surface area (Å²) >= 11 is 1.80. The Morgan fingerprint density at radius 2 is 2.05 bits per heavy atom. The van der Waals surface area contributed by atoms with Gasteiger partial charge in [-0.1, -0.05) is 6.07 Å². The van der Waals surface area contributed by atoms with Gasteiger partial charge in [-0.25, -0.2) is 0 Å². The third-order valence-electron chi connectivity index (χ3n) is 4.81. The molecular formula is C16H25N3O2S. The maximum atomic E-state index is 12.9. The summed E-state index contributed by atoms with van der Waals surface area (Å²) in [5, 5.41) is 5.43. The fourth-order valence-electron chi connectivity index (χ4n) is 3.36. The lowest BCUT2D eigenvalue weighted by molar-refractivity contribution is -0.160. The Morgan fingerprint density at radius 3 is 2.64 bits per heavy atom. The van der Waals surface area contributed by atoms with Crippen LogP contribution in [0.3, 0.4) is 0 Å². The van der Waals surface area contributed by atoms with Gasteiger partial charge in [0.2, 0.25) is 0 Å². The predicted molar refractivity (Wildman–Crippen MR) is 88.0 cm³/mol. The predicted octanol–water partition coefficient (Wildman–Crippen LogP) is 1.16. The van der Waals surface area contributed by atoms with Crippen molar-refractivity contribution in [3.8, 4) is 0 Å². The van der Waals surface area contributed by atoms with Crippen LogP contribution in [0.25, 0.3) is 0 Å². The zero-order valence-electron chi connectivity index (χ0n) is 13.2. The van der Waals surface area contributed by atoms with E-state index in [2.05, 4.69) is 27.7 Å². The first-order chi connectivity index (χ1) is 10.7. The van der Waals surface area contributed by atoms with Gasteiger partial charge in [0.1, 0.15) is 5.60 Å². The SMILES string of the molecule is COC1(C(=O)N2CCN(Cc3cccs3)CC2)CCNCC1. The molecule has 1 aromatic heterocycles. The largest absolute Gasteiger partial charge is 0.368 e. The van der Waals surface area contributed by atoms with E-state index in [1.165, 1.54) is 4.88 Å². The number of carbonyl (C=O) groups is 1. The molecule has 2 fully saturated rings. The molecule has 2 aliphatic heterocycles. The monoisotopic (exact) mass is 323 g/mol. The lowest BCUT2D eigenvalue weighted by Gasteiger charge is -2.42. The third kappa shape index (κ3) is 3.35. The average Bonchev–Trinajstić information content (AvgIpc) is 3.08. The number of ether oxygens (including phenoxy) is 1. The highest BCUT2D eigenvalue weighted by Gasteiger charge is 2.42. The summed E-state index contributed by atoms with van der Waals surface area (Å²) in [5.74, 6) is 0.187. The van der Waals surface area contributed by atoms with Crippen LogP contribution in [0.1, 0.15) is 17.7 Å². The molecule has 3 rings (SSSR count). The molecule has 6 heteroatoms. The van der Waals surface area contributed by atoms with E-state index in [1.54, 1.807) is 18.4 Å².